The van der Waals surface area contributed by atoms with Crippen molar-refractivity contribution in [2.24, 2.45) is 0 Å². The van der Waals surface area contributed by atoms with Crippen LogP contribution in [0.25, 0.3) is 0 Å². The maximum atomic E-state index is 12.5. The van der Waals surface area contributed by atoms with Crippen LogP contribution in [0.3, 0.4) is 0 Å². The second-order valence-corrected chi connectivity index (χ2v) is 8.06. The first-order valence-electron chi connectivity index (χ1n) is 6.03. The lowest BCUT2D eigenvalue weighted by atomic mass is 10.3. The molecular weight excluding hydrogens is 424 g/mol. The van der Waals surface area contributed by atoms with Gasteiger partial charge in [-0.15, -0.1) is 0 Å². The normalized spacial score (nSPS) is 11.9. The first-order valence-corrected chi connectivity index (χ1v) is 9.10. The zero-order chi connectivity index (χ0) is 15.8. The van der Waals surface area contributed by atoms with Crippen LogP contribution in [-0.2, 0) is 10.0 Å². The summed E-state index contributed by atoms with van der Waals surface area (Å²) in [4.78, 5) is 0.00204. The molecule has 0 aliphatic carbocycles. The van der Waals surface area contributed by atoms with Crippen LogP contribution < -0.4 is 10.5 Å². The number of nitrogens with two attached hydrogens (primary N) is 1. The van der Waals surface area contributed by atoms with Crippen LogP contribution in [0.1, 0.15) is 19.9 Å². The molecule has 0 amide bonds. The highest BCUT2D eigenvalue weighted by Crippen LogP contribution is 2.33. The third-order valence-corrected chi connectivity index (χ3v) is 5.52. The fourth-order valence-electron chi connectivity index (χ4n) is 1.86. The minimum Gasteiger partial charge on any atom is -0.398 e. The topological polar surface area (TPSA) is 90.0 Å². The molecule has 0 aliphatic heterocycles. The van der Waals surface area contributed by atoms with Crippen molar-refractivity contribution < 1.29 is 8.42 Å². The van der Waals surface area contributed by atoms with Crippen LogP contribution in [0, 0.1) is 0 Å². The Morgan fingerprint density at radius 3 is 2.57 bits per heavy atom. The quantitative estimate of drug-likeness (QED) is 0.717. The van der Waals surface area contributed by atoms with Crippen LogP contribution >= 0.6 is 31.9 Å². The molecule has 0 unspecified atom stereocenters. The fourth-order valence-corrected chi connectivity index (χ4v) is 4.98. The monoisotopic (exact) mass is 436 g/mol. The van der Waals surface area contributed by atoms with Gasteiger partial charge in [-0.25, -0.2) is 13.1 Å². The molecule has 0 atom stereocenters. The molecule has 6 nitrogen and oxygen atoms in total. The highest BCUT2D eigenvalue weighted by atomic mass is 79.9. The third-order valence-electron chi connectivity index (χ3n) is 2.70. The predicted octanol–water partition coefficient (Wildman–Crippen LogP) is 3.37. The van der Waals surface area contributed by atoms with Gasteiger partial charge in [0.2, 0.25) is 0 Å². The summed E-state index contributed by atoms with van der Waals surface area (Å²) in [6.07, 6.45) is 1.54. The number of benzene rings is 1. The molecule has 2 aromatic rings. The highest BCUT2D eigenvalue weighted by Gasteiger charge is 2.23. The summed E-state index contributed by atoms with van der Waals surface area (Å²) in [7, 11) is -3.82. The summed E-state index contributed by atoms with van der Waals surface area (Å²) >= 11 is 6.50. The Bertz CT molecular complexity index is 748. The molecule has 0 aliphatic rings. The molecule has 0 fully saturated rings. The van der Waals surface area contributed by atoms with Crippen LogP contribution in [0.2, 0.25) is 0 Å². The molecule has 21 heavy (non-hydrogen) atoms. The second kappa shape index (κ2) is 5.98. The van der Waals surface area contributed by atoms with Gasteiger partial charge in [0.1, 0.15) is 10.7 Å². The number of sulfonamides is 1. The first-order chi connectivity index (χ1) is 9.72. The molecule has 0 radical (unpaired) electrons. The van der Waals surface area contributed by atoms with E-state index in [1.807, 2.05) is 13.8 Å². The van der Waals surface area contributed by atoms with E-state index < -0.39 is 10.0 Å². The molecule has 0 bridgehead atoms. The molecule has 1 heterocycles. The summed E-state index contributed by atoms with van der Waals surface area (Å²) < 4.78 is 30.3. The maximum absolute atomic E-state index is 12.5. The van der Waals surface area contributed by atoms with E-state index in [0.29, 0.717) is 14.8 Å². The van der Waals surface area contributed by atoms with Gasteiger partial charge in [0, 0.05) is 21.1 Å². The van der Waals surface area contributed by atoms with E-state index in [1.54, 1.807) is 22.9 Å². The Hall–Kier alpha value is -1.06. The van der Waals surface area contributed by atoms with Crippen molar-refractivity contribution in [1.29, 1.82) is 0 Å². The van der Waals surface area contributed by atoms with Crippen LogP contribution in [0.4, 0.5) is 11.5 Å². The minimum absolute atomic E-state index is 0.00204. The molecular formula is C12H14Br2N4O2S. The lowest BCUT2D eigenvalue weighted by Crippen LogP contribution is -2.19. The van der Waals surface area contributed by atoms with E-state index in [1.165, 1.54) is 6.20 Å². The molecule has 0 spiro atoms. The Morgan fingerprint density at radius 1 is 1.33 bits per heavy atom. The van der Waals surface area contributed by atoms with E-state index >= 15 is 0 Å². The predicted molar refractivity (Wildman–Crippen MR) is 89.7 cm³/mol. The number of rotatable bonds is 4. The number of nitrogen functional groups attached to an aromatic ring is 1. The Balaban J connectivity index is 2.47. The lowest BCUT2D eigenvalue weighted by Gasteiger charge is -2.15. The van der Waals surface area contributed by atoms with Crippen molar-refractivity contribution in [3.8, 4) is 0 Å². The van der Waals surface area contributed by atoms with E-state index in [2.05, 4.69) is 41.7 Å². The number of aromatic nitrogens is 2. The zero-order valence-corrected chi connectivity index (χ0v) is 15.3. The number of halogens is 2. The van der Waals surface area contributed by atoms with Gasteiger partial charge in [-0.3, -0.25) is 4.72 Å². The standard InChI is InChI=1S/C12H14Br2N4O2S/c1-7(2)18-11(3-4-16-18)17-21(19,20)12-9(14)5-8(13)6-10(12)15/h3-7,17H,15H2,1-2H3. The molecule has 0 saturated carbocycles. The number of hydrogen-bond acceptors (Lipinski definition) is 4. The summed E-state index contributed by atoms with van der Waals surface area (Å²) in [5.41, 5.74) is 5.99. The van der Waals surface area contributed by atoms with Gasteiger partial charge in [-0.05, 0) is 41.9 Å². The largest absolute Gasteiger partial charge is 0.398 e. The first kappa shape index (κ1) is 16.3. The Kier molecular flexibility index (Phi) is 4.64. The molecule has 1 aromatic carbocycles. The maximum Gasteiger partial charge on any atom is 0.266 e. The molecule has 3 N–H and O–H groups in total. The van der Waals surface area contributed by atoms with Crippen molar-refractivity contribution in [3.63, 3.8) is 0 Å². The third kappa shape index (κ3) is 3.41. The summed E-state index contributed by atoms with van der Waals surface area (Å²) in [6, 6.07) is 4.80. The van der Waals surface area contributed by atoms with E-state index in [-0.39, 0.29) is 16.6 Å². The summed E-state index contributed by atoms with van der Waals surface area (Å²) in [6.45, 7) is 3.82. The fraction of sp³-hybridized carbons (Fsp3) is 0.250. The van der Waals surface area contributed by atoms with Gasteiger partial charge >= 0.3 is 0 Å². The van der Waals surface area contributed by atoms with Gasteiger partial charge in [0.25, 0.3) is 10.0 Å². The summed E-state index contributed by atoms with van der Waals surface area (Å²) in [5.74, 6) is 0.388. The van der Waals surface area contributed by atoms with Gasteiger partial charge in [0.05, 0.1) is 11.9 Å². The second-order valence-electron chi connectivity index (χ2n) is 4.67. The molecule has 114 valence electrons. The number of nitrogens with one attached hydrogen (secondary N) is 1. The van der Waals surface area contributed by atoms with Gasteiger partial charge < -0.3 is 5.73 Å². The van der Waals surface area contributed by atoms with E-state index in [9.17, 15) is 8.42 Å². The average molecular weight is 438 g/mol. The van der Waals surface area contributed by atoms with E-state index in [4.69, 9.17) is 5.73 Å². The number of anilines is 2. The van der Waals surface area contributed by atoms with Crippen molar-refractivity contribution in [1.82, 2.24) is 9.78 Å². The minimum atomic E-state index is -3.82. The molecule has 9 heteroatoms. The van der Waals surface area contributed by atoms with Gasteiger partial charge in [-0.2, -0.15) is 5.10 Å². The van der Waals surface area contributed by atoms with E-state index in [0.717, 1.165) is 0 Å². The highest BCUT2D eigenvalue weighted by molar-refractivity contribution is 9.11. The molecule has 1 aromatic heterocycles. The smallest absolute Gasteiger partial charge is 0.266 e. The SMILES string of the molecule is CC(C)n1nccc1NS(=O)(=O)c1c(N)cc(Br)cc1Br. The molecule has 0 saturated heterocycles. The van der Waals surface area contributed by atoms with Crippen LogP contribution in [0.5, 0.6) is 0 Å². The number of hydrogen-bond donors (Lipinski definition) is 2. The Labute approximate surface area is 140 Å². The molecule has 2 rings (SSSR count). The zero-order valence-electron chi connectivity index (χ0n) is 11.3. The van der Waals surface area contributed by atoms with Crippen molar-refractivity contribution in [2.75, 3.05) is 10.5 Å². The number of nitrogens with zero attached hydrogens (tertiary/aromatic N) is 2. The summed E-state index contributed by atoms with van der Waals surface area (Å²) in [5, 5.41) is 4.09. The van der Waals surface area contributed by atoms with Crippen molar-refractivity contribution >= 4 is 53.4 Å². The van der Waals surface area contributed by atoms with Gasteiger partial charge in [0.15, 0.2) is 0 Å². The van der Waals surface area contributed by atoms with Crippen molar-refractivity contribution in [3.05, 3.63) is 33.3 Å². The van der Waals surface area contributed by atoms with Crippen LogP contribution in [0.15, 0.2) is 38.2 Å². The average Bonchev–Trinajstić information content (AvgIpc) is 2.73. The lowest BCUT2D eigenvalue weighted by molar-refractivity contribution is 0.539. The Morgan fingerprint density at radius 2 is 2.00 bits per heavy atom. The van der Waals surface area contributed by atoms with Crippen LogP contribution in [-0.4, -0.2) is 18.2 Å². The van der Waals surface area contributed by atoms with Crippen molar-refractivity contribution in [2.45, 2.75) is 24.8 Å². The van der Waals surface area contributed by atoms with Gasteiger partial charge in [-0.1, -0.05) is 15.9 Å².